The van der Waals surface area contributed by atoms with Crippen LogP contribution in [-0.2, 0) is 9.53 Å². The lowest BCUT2D eigenvalue weighted by Crippen LogP contribution is -2.45. The van der Waals surface area contributed by atoms with Crippen molar-refractivity contribution in [3.8, 4) is 0 Å². The summed E-state index contributed by atoms with van der Waals surface area (Å²) in [5.41, 5.74) is 1.09. The van der Waals surface area contributed by atoms with Crippen LogP contribution in [0.15, 0.2) is 34.6 Å². The smallest absolute Gasteiger partial charge is 0.328 e. The predicted octanol–water partition coefficient (Wildman–Crippen LogP) is 2.56. The van der Waals surface area contributed by atoms with E-state index in [2.05, 4.69) is 15.7 Å². The van der Waals surface area contributed by atoms with E-state index in [1.54, 1.807) is 50.3 Å². The maximum atomic E-state index is 12.3. The van der Waals surface area contributed by atoms with E-state index in [4.69, 9.17) is 4.74 Å². The van der Waals surface area contributed by atoms with E-state index in [0.29, 0.717) is 11.3 Å². The Hall–Kier alpha value is -2.44. The minimum atomic E-state index is -0.671. The Labute approximate surface area is 136 Å². The Morgan fingerprint density at radius 1 is 1.22 bits per heavy atom. The monoisotopic (exact) mass is 320 g/mol. The fraction of sp³-hybridized carbons (Fsp3) is 0.500. The third kappa shape index (κ3) is 6.06. The van der Waals surface area contributed by atoms with E-state index >= 15 is 0 Å². The van der Waals surface area contributed by atoms with Crippen LogP contribution in [0.25, 0.3) is 0 Å². The van der Waals surface area contributed by atoms with Crippen LogP contribution >= 0.6 is 0 Å². The first-order chi connectivity index (χ1) is 10.8. The van der Waals surface area contributed by atoms with Crippen LogP contribution in [0.2, 0.25) is 0 Å². The zero-order valence-corrected chi connectivity index (χ0v) is 14.2. The Morgan fingerprint density at radius 3 is 2.30 bits per heavy atom. The second kappa shape index (κ2) is 8.87. The van der Waals surface area contributed by atoms with Crippen molar-refractivity contribution in [1.29, 1.82) is 0 Å². The fourth-order valence-corrected chi connectivity index (χ4v) is 1.77. The van der Waals surface area contributed by atoms with Crippen molar-refractivity contribution in [2.24, 2.45) is 16.3 Å². The van der Waals surface area contributed by atoms with Gasteiger partial charge < -0.3 is 10.1 Å². The van der Waals surface area contributed by atoms with Crippen LogP contribution in [0.1, 0.15) is 31.1 Å². The van der Waals surface area contributed by atoms with E-state index in [1.165, 1.54) is 0 Å². The first-order valence-electron chi connectivity index (χ1n) is 7.51. The van der Waals surface area contributed by atoms with Crippen molar-refractivity contribution in [1.82, 2.24) is 10.3 Å². The second-order valence-corrected chi connectivity index (χ2v) is 5.53. The third-order valence-corrected chi connectivity index (χ3v) is 2.96. The zero-order chi connectivity index (χ0) is 17.4. The molecule has 7 nitrogen and oxygen atoms in total. The van der Waals surface area contributed by atoms with Gasteiger partial charge in [-0.2, -0.15) is 0 Å². The topological polar surface area (TPSA) is 83.4 Å². The molecule has 1 rings (SSSR count). The molecule has 0 aliphatic rings. The number of nitrogens with zero attached hydrogens (tertiary/aromatic N) is 3. The van der Waals surface area contributed by atoms with E-state index in [9.17, 15) is 9.59 Å². The molecule has 1 aromatic rings. The number of hydrogen-bond acceptors (Lipinski definition) is 5. The van der Waals surface area contributed by atoms with Gasteiger partial charge in [0.1, 0.15) is 6.04 Å². The highest BCUT2D eigenvalue weighted by molar-refractivity contribution is 5.97. The van der Waals surface area contributed by atoms with E-state index < -0.39 is 12.0 Å². The molecule has 7 heteroatoms. The molecule has 1 amide bonds. The van der Waals surface area contributed by atoms with Crippen molar-refractivity contribution in [3.05, 3.63) is 29.8 Å². The third-order valence-electron chi connectivity index (χ3n) is 2.96. The lowest BCUT2D eigenvalue weighted by Gasteiger charge is -2.20. The van der Waals surface area contributed by atoms with Gasteiger partial charge in [0.15, 0.2) is 0 Å². The van der Waals surface area contributed by atoms with Gasteiger partial charge in [-0.3, -0.25) is 9.80 Å². The van der Waals surface area contributed by atoms with Crippen molar-refractivity contribution in [2.45, 2.75) is 26.8 Å². The molecule has 1 atom stereocenters. The largest absolute Gasteiger partial charge is 0.464 e. The van der Waals surface area contributed by atoms with Gasteiger partial charge in [-0.05, 0) is 37.1 Å². The maximum Gasteiger partial charge on any atom is 0.328 e. The molecule has 0 aromatic heterocycles. The molecule has 0 heterocycles. The molecule has 0 radical (unpaired) electrons. The van der Waals surface area contributed by atoms with Crippen LogP contribution in [0.5, 0.6) is 0 Å². The molecule has 23 heavy (non-hydrogen) atoms. The standard InChI is InChI=1S/C16H24N4O3/c1-6-23-16(22)14(11(2)3)17-15(21)12-7-9-13(10-8-12)18-19-20(4)5/h7-11,14H,6H2,1-5H3,(H,17,21)/t14-/m0/s1. The molecular formula is C16H24N4O3. The quantitative estimate of drug-likeness (QED) is 0.475. The van der Waals surface area contributed by atoms with Gasteiger partial charge in [-0.1, -0.05) is 19.1 Å². The predicted molar refractivity (Wildman–Crippen MR) is 87.4 cm³/mol. The summed E-state index contributed by atoms with van der Waals surface area (Å²) in [4.78, 5) is 24.2. The average molecular weight is 320 g/mol. The zero-order valence-electron chi connectivity index (χ0n) is 14.2. The highest BCUT2D eigenvalue weighted by Gasteiger charge is 2.25. The molecule has 0 aliphatic heterocycles. The number of carbonyl (C=O) groups excluding carboxylic acids is 2. The first kappa shape index (κ1) is 18.6. The lowest BCUT2D eigenvalue weighted by atomic mass is 10.0. The van der Waals surface area contributed by atoms with Crippen LogP contribution in [0.3, 0.4) is 0 Å². The van der Waals surface area contributed by atoms with Crippen LogP contribution in [0.4, 0.5) is 5.69 Å². The van der Waals surface area contributed by atoms with E-state index in [0.717, 1.165) is 0 Å². The summed E-state index contributed by atoms with van der Waals surface area (Å²) in [6.45, 7) is 5.72. The van der Waals surface area contributed by atoms with E-state index in [1.807, 2.05) is 13.8 Å². The number of ether oxygens (including phenoxy) is 1. The van der Waals surface area contributed by atoms with Gasteiger partial charge in [0.25, 0.3) is 5.91 Å². The van der Waals surface area contributed by atoms with Crippen molar-refractivity contribution < 1.29 is 14.3 Å². The number of esters is 1. The summed E-state index contributed by atoms with van der Waals surface area (Å²) < 4.78 is 4.99. The Balaban J connectivity index is 2.78. The Bertz CT molecular complexity index is 553. The summed E-state index contributed by atoms with van der Waals surface area (Å²) in [7, 11) is 3.54. The maximum absolute atomic E-state index is 12.3. The van der Waals surface area contributed by atoms with Gasteiger partial charge in [0.2, 0.25) is 0 Å². The molecule has 0 bridgehead atoms. The molecule has 0 unspecified atom stereocenters. The summed E-state index contributed by atoms with van der Waals surface area (Å²) in [6, 6.07) is 5.99. The second-order valence-electron chi connectivity index (χ2n) is 5.53. The normalized spacial score (nSPS) is 12.3. The number of nitrogens with one attached hydrogen (secondary N) is 1. The number of carbonyl (C=O) groups is 2. The molecule has 126 valence electrons. The summed E-state index contributed by atoms with van der Waals surface area (Å²) in [5, 5.41) is 12.2. The molecule has 0 fully saturated rings. The lowest BCUT2D eigenvalue weighted by molar-refractivity contribution is -0.146. The molecule has 1 N–H and O–H groups in total. The van der Waals surface area contributed by atoms with Crippen molar-refractivity contribution in [2.75, 3.05) is 20.7 Å². The number of benzene rings is 1. The molecule has 0 aliphatic carbocycles. The molecule has 0 saturated carbocycles. The summed E-state index contributed by atoms with van der Waals surface area (Å²) in [5.74, 6) is -0.814. The van der Waals surface area contributed by atoms with Crippen LogP contribution in [-0.4, -0.2) is 43.6 Å². The van der Waals surface area contributed by atoms with Crippen LogP contribution in [0, 0.1) is 5.92 Å². The van der Waals surface area contributed by atoms with Gasteiger partial charge in [0.05, 0.1) is 12.3 Å². The van der Waals surface area contributed by atoms with Gasteiger partial charge >= 0.3 is 5.97 Å². The first-order valence-corrected chi connectivity index (χ1v) is 7.51. The van der Waals surface area contributed by atoms with E-state index in [-0.39, 0.29) is 18.4 Å². The average Bonchev–Trinajstić information content (AvgIpc) is 2.50. The van der Waals surface area contributed by atoms with Gasteiger partial charge in [-0.25, -0.2) is 4.79 Å². The Morgan fingerprint density at radius 2 is 1.83 bits per heavy atom. The number of amides is 1. The molecule has 0 spiro atoms. The van der Waals surface area contributed by atoms with Crippen molar-refractivity contribution in [3.63, 3.8) is 0 Å². The fourth-order valence-electron chi connectivity index (χ4n) is 1.77. The van der Waals surface area contributed by atoms with Gasteiger partial charge in [0, 0.05) is 19.7 Å². The summed E-state index contributed by atoms with van der Waals surface area (Å²) in [6.07, 6.45) is 0. The summed E-state index contributed by atoms with van der Waals surface area (Å²) >= 11 is 0. The molecule has 0 saturated heterocycles. The van der Waals surface area contributed by atoms with Crippen LogP contribution < -0.4 is 5.32 Å². The van der Waals surface area contributed by atoms with Gasteiger partial charge in [-0.15, -0.1) is 5.11 Å². The minimum Gasteiger partial charge on any atom is -0.464 e. The molecular weight excluding hydrogens is 296 g/mol. The number of hydrogen-bond donors (Lipinski definition) is 1. The Kier molecular flexibility index (Phi) is 7.18. The number of rotatable bonds is 7. The molecule has 1 aromatic carbocycles. The SMILES string of the molecule is CCOC(=O)[C@@H](NC(=O)c1ccc(N=NN(C)C)cc1)C(C)C. The highest BCUT2D eigenvalue weighted by atomic mass is 16.5. The minimum absolute atomic E-state index is 0.0637. The van der Waals surface area contributed by atoms with Crippen molar-refractivity contribution >= 4 is 17.6 Å². The highest BCUT2D eigenvalue weighted by Crippen LogP contribution is 2.14.